The molecule has 3 aromatic rings. The fraction of sp³-hybridized carbons (Fsp3) is 0.333. The standard InChI is InChI=1S/C18H18ClN5OS/c1-2-26-18-21-13(12-6-4-3-5-7-12)14-15(22-18)16(23-17(19)20-14)24-8-10-25-11-9-24/h3-7H,2,8-11H2,1H3. The fourth-order valence-corrected chi connectivity index (χ4v) is 3.67. The third-order valence-electron chi connectivity index (χ3n) is 4.11. The summed E-state index contributed by atoms with van der Waals surface area (Å²) in [6.07, 6.45) is 0. The van der Waals surface area contributed by atoms with E-state index in [9.17, 15) is 0 Å². The van der Waals surface area contributed by atoms with Gasteiger partial charge in [0.2, 0.25) is 5.28 Å². The molecule has 0 amide bonds. The van der Waals surface area contributed by atoms with Crippen LogP contribution in [0.2, 0.25) is 5.28 Å². The highest BCUT2D eigenvalue weighted by Gasteiger charge is 2.21. The molecule has 0 spiro atoms. The van der Waals surface area contributed by atoms with Crippen LogP contribution in [0.5, 0.6) is 0 Å². The van der Waals surface area contributed by atoms with Crippen molar-refractivity contribution in [2.75, 3.05) is 37.0 Å². The van der Waals surface area contributed by atoms with E-state index in [0.29, 0.717) is 18.7 Å². The SMILES string of the molecule is CCSc1nc(-c2ccccc2)c2nc(Cl)nc(N3CCOCC3)c2n1. The van der Waals surface area contributed by atoms with Crippen molar-refractivity contribution in [1.29, 1.82) is 0 Å². The van der Waals surface area contributed by atoms with Gasteiger partial charge in [-0.1, -0.05) is 49.0 Å². The Morgan fingerprint density at radius 3 is 2.54 bits per heavy atom. The van der Waals surface area contributed by atoms with E-state index in [1.807, 2.05) is 30.3 Å². The van der Waals surface area contributed by atoms with Gasteiger partial charge < -0.3 is 9.64 Å². The van der Waals surface area contributed by atoms with Crippen LogP contribution in [0, 0.1) is 0 Å². The summed E-state index contributed by atoms with van der Waals surface area (Å²) in [4.78, 5) is 20.6. The number of hydrogen-bond acceptors (Lipinski definition) is 7. The van der Waals surface area contributed by atoms with Crippen molar-refractivity contribution < 1.29 is 4.74 Å². The number of hydrogen-bond donors (Lipinski definition) is 0. The summed E-state index contributed by atoms with van der Waals surface area (Å²) in [7, 11) is 0. The van der Waals surface area contributed by atoms with Crippen LogP contribution in [0.3, 0.4) is 0 Å². The van der Waals surface area contributed by atoms with E-state index >= 15 is 0 Å². The van der Waals surface area contributed by atoms with Crippen LogP contribution < -0.4 is 4.90 Å². The molecule has 4 rings (SSSR count). The Balaban J connectivity index is 1.97. The number of nitrogens with zero attached hydrogens (tertiary/aromatic N) is 5. The average molecular weight is 388 g/mol. The maximum absolute atomic E-state index is 6.26. The van der Waals surface area contributed by atoms with E-state index in [1.165, 1.54) is 0 Å². The zero-order chi connectivity index (χ0) is 17.9. The summed E-state index contributed by atoms with van der Waals surface area (Å²) in [6, 6.07) is 10.00. The minimum Gasteiger partial charge on any atom is -0.378 e. The second-order valence-electron chi connectivity index (χ2n) is 5.77. The molecule has 1 aliphatic rings. The maximum atomic E-state index is 6.26. The summed E-state index contributed by atoms with van der Waals surface area (Å²) in [5.41, 5.74) is 3.19. The lowest BCUT2D eigenvalue weighted by Gasteiger charge is -2.28. The minimum atomic E-state index is 0.204. The van der Waals surface area contributed by atoms with E-state index in [1.54, 1.807) is 11.8 Å². The van der Waals surface area contributed by atoms with E-state index in [-0.39, 0.29) is 5.28 Å². The number of thioether (sulfide) groups is 1. The normalized spacial score (nSPS) is 14.8. The number of aromatic nitrogens is 4. The molecule has 8 heteroatoms. The van der Waals surface area contributed by atoms with Crippen LogP contribution in [0.1, 0.15) is 6.92 Å². The van der Waals surface area contributed by atoms with Gasteiger partial charge in [0, 0.05) is 18.7 Å². The molecular formula is C18H18ClN5OS. The Morgan fingerprint density at radius 1 is 1.04 bits per heavy atom. The van der Waals surface area contributed by atoms with E-state index in [0.717, 1.165) is 46.6 Å². The molecule has 0 atom stereocenters. The molecule has 1 aromatic carbocycles. The van der Waals surface area contributed by atoms with Crippen molar-refractivity contribution in [3.05, 3.63) is 35.6 Å². The van der Waals surface area contributed by atoms with Gasteiger partial charge in [-0.2, -0.15) is 4.98 Å². The average Bonchev–Trinajstić information content (AvgIpc) is 2.69. The number of anilines is 1. The molecule has 2 aromatic heterocycles. The van der Waals surface area contributed by atoms with Crippen LogP contribution in [0.4, 0.5) is 5.82 Å². The highest BCUT2D eigenvalue weighted by atomic mass is 35.5. The topological polar surface area (TPSA) is 64.0 Å². The monoisotopic (exact) mass is 387 g/mol. The molecule has 26 heavy (non-hydrogen) atoms. The summed E-state index contributed by atoms with van der Waals surface area (Å²) in [5, 5.41) is 0.926. The van der Waals surface area contributed by atoms with Gasteiger partial charge in [-0.15, -0.1) is 0 Å². The summed E-state index contributed by atoms with van der Waals surface area (Å²) in [5.74, 6) is 1.64. The molecule has 0 unspecified atom stereocenters. The molecule has 1 aliphatic heterocycles. The number of benzene rings is 1. The van der Waals surface area contributed by atoms with Gasteiger partial charge in [0.15, 0.2) is 11.0 Å². The Kier molecular flexibility index (Phi) is 5.19. The Bertz CT molecular complexity index is 918. The lowest BCUT2D eigenvalue weighted by Crippen LogP contribution is -2.37. The highest BCUT2D eigenvalue weighted by Crippen LogP contribution is 2.32. The predicted molar refractivity (Wildman–Crippen MR) is 105 cm³/mol. The Labute approximate surface area is 161 Å². The van der Waals surface area contributed by atoms with E-state index in [4.69, 9.17) is 26.3 Å². The number of ether oxygens (including phenoxy) is 1. The van der Waals surface area contributed by atoms with Crippen molar-refractivity contribution >= 4 is 40.2 Å². The molecule has 1 saturated heterocycles. The lowest BCUT2D eigenvalue weighted by atomic mass is 10.1. The first kappa shape index (κ1) is 17.5. The molecule has 0 aliphatic carbocycles. The summed E-state index contributed by atoms with van der Waals surface area (Å²) >= 11 is 7.87. The zero-order valence-corrected chi connectivity index (χ0v) is 15.9. The first-order chi connectivity index (χ1) is 12.8. The van der Waals surface area contributed by atoms with Crippen molar-refractivity contribution in [2.24, 2.45) is 0 Å². The van der Waals surface area contributed by atoms with Gasteiger partial charge in [0.1, 0.15) is 16.7 Å². The third-order valence-corrected chi connectivity index (χ3v) is 5.01. The highest BCUT2D eigenvalue weighted by molar-refractivity contribution is 7.99. The number of halogens is 1. The largest absolute Gasteiger partial charge is 0.378 e. The zero-order valence-electron chi connectivity index (χ0n) is 14.4. The molecule has 0 N–H and O–H groups in total. The number of fused-ring (bicyclic) bond motifs is 1. The van der Waals surface area contributed by atoms with Crippen LogP contribution >= 0.6 is 23.4 Å². The molecule has 0 saturated carbocycles. The predicted octanol–water partition coefficient (Wildman–Crippen LogP) is 3.69. The molecule has 3 heterocycles. The first-order valence-corrected chi connectivity index (χ1v) is 9.89. The number of morpholine rings is 1. The Morgan fingerprint density at radius 2 is 1.81 bits per heavy atom. The van der Waals surface area contributed by atoms with E-state index < -0.39 is 0 Å². The molecular weight excluding hydrogens is 370 g/mol. The third kappa shape index (κ3) is 3.47. The minimum absolute atomic E-state index is 0.204. The van der Waals surface area contributed by atoms with Gasteiger partial charge in [0.05, 0.1) is 13.2 Å². The summed E-state index contributed by atoms with van der Waals surface area (Å²) < 4.78 is 5.46. The van der Waals surface area contributed by atoms with Gasteiger partial charge in [-0.05, 0) is 17.4 Å². The molecule has 1 fully saturated rings. The van der Waals surface area contributed by atoms with Crippen LogP contribution in [-0.4, -0.2) is 52.0 Å². The van der Waals surface area contributed by atoms with Gasteiger partial charge >= 0.3 is 0 Å². The van der Waals surface area contributed by atoms with Crippen LogP contribution in [0.25, 0.3) is 22.3 Å². The van der Waals surface area contributed by atoms with Crippen molar-refractivity contribution in [3.8, 4) is 11.3 Å². The second-order valence-corrected chi connectivity index (χ2v) is 7.34. The number of rotatable bonds is 4. The van der Waals surface area contributed by atoms with Gasteiger partial charge in [-0.25, -0.2) is 15.0 Å². The van der Waals surface area contributed by atoms with Crippen LogP contribution in [-0.2, 0) is 4.74 Å². The van der Waals surface area contributed by atoms with Gasteiger partial charge in [-0.3, -0.25) is 0 Å². The quantitative estimate of drug-likeness (QED) is 0.499. The lowest BCUT2D eigenvalue weighted by molar-refractivity contribution is 0.122. The second kappa shape index (κ2) is 7.73. The van der Waals surface area contributed by atoms with Crippen molar-refractivity contribution in [3.63, 3.8) is 0 Å². The maximum Gasteiger partial charge on any atom is 0.225 e. The van der Waals surface area contributed by atoms with Gasteiger partial charge in [0.25, 0.3) is 0 Å². The van der Waals surface area contributed by atoms with Crippen LogP contribution in [0.15, 0.2) is 35.5 Å². The van der Waals surface area contributed by atoms with E-state index in [2.05, 4.69) is 21.8 Å². The van der Waals surface area contributed by atoms with Crippen molar-refractivity contribution in [2.45, 2.75) is 12.1 Å². The molecule has 134 valence electrons. The molecule has 0 radical (unpaired) electrons. The first-order valence-electron chi connectivity index (χ1n) is 8.52. The molecule has 0 bridgehead atoms. The smallest absolute Gasteiger partial charge is 0.225 e. The fourth-order valence-electron chi connectivity index (χ4n) is 2.94. The summed E-state index contributed by atoms with van der Waals surface area (Å²) in [6.45, 7) is 4.92. The Hall–Kier alpha value is -1.96. The van der Waals surface area contributed by atoms with Crippen molar-refractivity contribution in [1.82, 2.24) is 19.9 Å². The molecule has 6 nitrogen and oxygen atoms in total.